The van der Waals surface area contributed by atoms with Crippen molar-refractivity contribution >= 4 is 45.5 Å². The van der Waals surface area contributed by atoms with Crippen LogP contribution in [0, 0.1) is 0 Å². The minimum atomic E-state index is 1.01. The zero-order valence-corrected chi connectivity index (χ0v) is 66.0. The molecule has 0 aromatic heterocycles. The van der Waals surface area contributed by atoms with Gasteiger partial charge in [0, 0.05) is 105 Å². The lowest BCUT2D eigenvalue weighted by Crippen LogP contribution is -2.21. The highest BCUT2D eigenvalue weighted by molar-refractivity contribution is 6.01. The first-order valence-corrected chi connectivity index (χ1v) is 42.0. The molecule has 4 heteroatoms. The van der Waals surface area contributed by atoms with Gasteiger partial charge in [-0.05, 0) is 269 Å². The first-order chi connectivity index (χ1) is 57.1. The van der Waals surface area contributed by atoms with E-state index in [0.717, 1.165) is 77.0 Å². The fourth-order valence-electron chi connectivity index (χ4n) is 23.3. The molecule has 0 spiro atoms. The summed E-state index contributed by atoms with van der Waals surface area (Å²) in [6.45, 7) is 0. The van der Waals surface area contributed by atoms with Crippen LogP contribution in [0.4, 0.5) is 45.5 Å². The van der Waals surface area contributed by atoms with Crippen molar-refractivity contribution < 1.29 is 0 Å². The van der Waals surface area contributed by atoms with E-state index in [1.807, 2.05) is 0 Å². The highest BCUT2D eigenvalue weighted by Crippen LogP contribution is 2.58. The summed E-state index contributed by atoms with van der Waals surface area (Å²) in [4.78, 5) is 9.87. The molecule has 552 valence electrons. The van der Waals surface area contributed by atoms with Crippen LogP contribution in [0.3, 0.4) is 0 Å². The lowest BCUT2D eigenvalue weighted by Gasteiger charge is -2.34. The van der Waals surface area contributed by atoms with Crippen molar-refractivity contribution in [1.82, 2.24) is 0 Å². The molecule has 0 fully saturated rings. The zero-order valence-electron chi connectivity index (χ0n) is 66.0. The third kappa shape index (κ3) is 9.74. The summed E-state index contributed by atoms with van der Waals surface area (Å²) in [6, 6.07) is 109. The molecule has 28 rings (SSSR count). The van der Waals surface area contributed by atoms with E-state index in [1.54, 1.807) is 0 Å². The van der Waals surface area contributed by atoms with Crippen LogP contribution in [-0.4, -0.2) is 28.2 Å². The van der Waals surface area contributed by atoms with Crippen molar-refractivity contribution in [2.75, 3.05) is 47.8 Å². The van der Waals surface area contributed by atoms with E-state index in [0.29, 0.717) is 0 Å². The van der Waals surface area contributed by atoms with Gasteiger partial charge < -0.3 is 19.6 Å². The Hall–Kier alpha value is -13.3. The number of benzene rings is 16. The lowest BCUT2D eigenvalue weighted by molar-refractivity contribution is 1.01. The maximum absolute atomic E-state index is 2.50. The largest absolute Gasteiger partial charge is 0.344 e. The van der Waals surface area contributed by atoms with Crippen LogP contribution in [0.25, 0.3) is 89.0 Å². The summed E-state index contributed by atoms with van der Waals surface area (Å²) in [5.74, 6) is 0. The minimum Gasteiger partial charge on any atom is -0.344 e. The van der Waals surface area contributed by atoms with Crippen LogP contribution >= 0.6 is 0 Å². The summed E-state index contributed by atoms with van der Waals surface area (Å²) in [7, 11) is 9.05. The highest BCUT2D eigenvalue weighted by Gasteiger charge is 2.38. The molecule has 4 heterocycles. The molecule has 16 aromatic rings. The first kappa shape index (κ1) is 66.2. The zero-order chi connectivity index (χ0) is 76.4. The Morgan fingerprint density at radius 3 is 0.862 bits per heavy atom. The molecular formula is C112H84N4. The van der Waals surface area contributed by atoms with Gasteiger partial charge in [0.2, 0.25) is 0 Å². The smallest absolute Gasteiger partial charge is 0.0527 e. The SMILES string of the molecule is CN1c2c(ccc3c2-c2ccccc2C3)Cc2ccc3c(c21)-c1ccccc1C3.CN1c2cc3c(cc2Cc2ccc4c(c21)-c1ccccc1C4)-c1ccccc1C3.CN1c2cc3c(cc2Cc2ccc4c(c21)-c1ccccc1C4)Cc1ccccc1-3.CN1c2ccc3c(c2Cc2ccc4c(c21)Cc1ccccc1-4)Cc1ccccc1-3. The molecule has 4 aliphatic heterocycles. The fourth-order valence-corrected chi connectivity index (χ4v) is 23.3. The van der Waals surface area contributed by atoms with Crippen molar-refractivity contribution in [3.05, 3.63) is 425 Å². The van der Waals surface area contributed by atoms with Crippen LogP contribution in [0.5, 0.6) is 0 Å². The van der Waals surface area contributed by atoms with Gasteiger partial charge in [-0.2, -0.15) is 0 Å². The van der Waals surface area contributed by atoms with Crippen molar-refractivity contribution in [3.63, 3.8) is 0 Å². The quantitative estimate of drug-likeness (QED) is 0.150. The summed E-state index contributed by atoms with van der Waals surface area (Å²) < 4.78 is 0. The number of anilines is 8. The second-order valence-corrected chi connectivity index (χ2v) is 34.5. The summed E-state index contributed by atoms with van der Waals surface area (Å²) >= 11 is 0. The Labute approximate surface area is 679 Å². The van der Waals surface area contributed by atoms with E-state index >= 15 is 0 Å². The molecule has 0 bridgehead atoms. The maximum Gasteiger partial charge on any atom is 0.0527 e. The number of fused-ring (bicyclic) bond motifs is 38. The Balaban J connectivity index is 0.0000000866. The van der Waals surface area contributed by atoms with Crippen LogP contribution in [-0.2, 0) is 77.0 Å². The fraction of sp³-hybridized carbons (Fsp3) is 0.143. The molecular weight excluding hydrogens is 1400 g/mol. The van der Waals surface area contributed by atoms with E-state index in [9.17, 15) is 0 Å². The topological polar surface area (TPSA) is 13.0 Å². The molecule has 16 aromatic carbocycles. The van der Waals surface area contributed by atoms with Gasteiger partial charge in [-0.15, -0.1) is 0 Å². The van der Waals surface area contributed by atoms with Gasteiger partial charge >= 0.3 is 0 Å². The predicted octanol–water partition coefficient (Wildman–Crippen LogP) is 26.0. The third-order valence-electron chi connectivity index (χ3n) is 28.4. The van der Waals surface area contributed by atoms with Crippen LogP contribution in [0.15, 0.2) is 291 Å². The number of rotatable bonds is 0. The van der Waals surface area contributed by atoms with Crippen molar-refractivity contribution in [2.24, 2.45) is 0 Å². The van der Waals surface area contributed by atoms with Gasteiger partial charge in [0.15, 0.2) is 0 Å². The van der Waals surface area contributed by atoms with E-state index < -0.39 is 0 Å². The van der Waals surface area contributed by atoms with Crippen molar-refractivity contribution in [2.45, 2.75) is 77.0 Å². The number of nitrogens with zero attached hydrogens (tertiary/aromatic N) is 4. The molecule has 0 radical (unpaired) electrons. The second kappa shape index (κ2) is 25.1. The molecule has 0 atom stereocenters. The molecule has 0 saturated carbocycles. The molecule has 0 N–H and O–H groups in total. The molecule has 116 heavy (non-hydrogen) atoms. The van der Waals surface area contributed by atoms with Crippen LogP contribution in [0.1, 0.15) is 134 Å². The van der Waals surface area contributed by atoms with Gasteiger partial charge in [0.1, 0.15) is 0 Å². The lowest BCUT2D eigenvalue weighted by atomic mass is 9.87. The van der Waals surface area contributed by atoms with Gasteiger partial charge in [0.05, 0.1) is 22.7 Å². The number of hydrogen-bond donors (Lipinski definition) is 0. The van der Waals surface area contributed by atoms with E-state index in [2.05, 4.69) is 339 Å². The average Bonchev–Trinajstić information content (AvgIpc) is 1.47. The summed E-state index contributed by atoms with van der Waals surface area (Å²) in [5.41, 5.74) is 69.2. The Morgan fingerprint density at radius 1 is 0.147 bits per heavy atom. The minimum absolute atomic E-state index is 1.01. The Morgan fingerprint density at radius 2 is 0.414 bits per heavy atom. The van der Waals surface area contributed by atoms with Crippen molar-refractivity contribution in [3.8, 4) is 89.0 Å². The summed E-state index contributed by atoms with van der Waals surface area (Å²) in [6.07, 6.45) is 12.5. The van der Waals surface area contributed by atoms with Crippen LogP contribution < -0.4 is 19.6 Å². The Bertz CT molecular complexity index is 6940. The predicted molar refractivity (Wildman–Crippen MR) is 481 cm³/mol. The van der Waals surface area contributed by atoms with Gasteiger partial charge in [-0.3, -0.25) is 0 Å². The highest BCUT2D eigenvalue weighted by atomic mass is 15.1. The molecule has 0 amide bonds. The normalized spacial score (nSPS) is 14.6. The first-order valence-electron chi connectivity index (χ1n) is 42.0. The maximum atomic E-state index is 2.50. The second-order valence-electron chi connectivity index (χ2n) is 34.5. The van der Waals surface area contributed by atoms with Crippen molar-refractivity contribution in [1.29, 1.82) is 0 Å². The van der Waals surface area contributed by atoms with Gasteiger partial charge in [0.25, 0.3) is 0 Å². The average molecular weight is 1490 g/mol. The Kier molecular flexibility index (Phi) is 14.3. The van der Waals surface area contributed by atoms with E-state index in [1.165, 1.54) is 268 Å². The summed E-state index contributed by atoms with van der Waals surface area (Å²) in [5, 5.41) is 0. The monoisotopic (exact) mass is 1480 g/mol. The molecule has 0 unspecified atom stereocenters. The molecule has 0 saturated heterocycles. The molecule has 8 aliphatic carbocycles. The van der Waals surface area contributed by atoms with E-state index in [4.69, 9.17) is 0 Å². The van der Waals surface area contributed by atoms with Gasteiger partial charge in [-0.1, -0.05) is 267 Å². The van der Waals surface area contributed by atoms with Crippen LogP contribution in [0.2, 0.25) is 0 Å². The molecule has 4 nitrogen and oxygen atoms in total. The molecule has 12 aliphatic rings. The third-order valence-corrected chi connectivity index (χ3v) is 28.4. The van der Waals surface area contributed by atoms with E-state index in [-0.39, 0.29) is 0 Å². The van der Waals surface area contributed by atoms with Gasteiger partial charge in [-0.25, -0.2) is 0 Å². The number of hydrogen-bond acceptors (Lipinski definition) is 4. The standard InChI is InChI=1S/4C28H21N/c1-29-27-21(12-10-19-14-17-6-2-4-8-23(17)25(19)27)16-22-13-11-20-15-18-7-3-5-9-24(18)26(20)28(22)29;1-29-26-16-21-13-17-6-2-4-8-23(17)25(21)15-22(26)14-20-11-10-19-12-18-7-3-5-9-24(18)27(19)28(20)29;1-29-26-16-25-21(13-17-6-2-4-8-23(17)25)15-22(26)14-20-11-10-19-12-18-7-3-5-9-24(18)27(19)28(20)29;1-29-27-13-12-22-20-8-4-2-6-17(20)14-24(22)25(27)16-19-10-11-23-21-9-5-3-7-18(21)15-26(23)28(19)29/h2-13H,14-16H2,1H3;2*2-11,15-16H,12-14H2,1H3;2-13H,14-16H2,1H3.